The molecule has 0 unspecified atom stereocenters. The molecular weight excluding hydrogens is 361 g/mol. The Kier molecular flexibility index (Phi) is 7.96. The third-order valence-corrected chi connectivity index (χ3v) is 3.08. The van der Waals surface area contributed by atoms with E-state index in [1.807, 2.05) is 0 Å². The molecule has 0 bridgehead atoms. The Labute approximate surface area is 147 Å². The van der Waals surface area contributed by atoms with Gasteiger partial charge in [0.05, 0.1) is 5.56 Å². The minimum atomic E-state index is -4.45. The van der Waals surface area contributed by atoms with Gasteiger partial charge in [-0.3, -0.25) is 10.2 Å². The Morgan fingerprint density at radius 1 is 1.28 bits per heavy atom. The van der Waals surface area contributed by atoms with Crippen LogP contribution in [0.15, 0.2) is 36.4 Å². The summed E-state index contributed by atoms with van der Waals surface area (Å²) < 4.78 is 44.4. The van der Waals surface area contributed by atoms with Crippen LogP contribution in [-0.4, -0.2) is 18.4 Å². The predicted octanol–water partition coefficient (Wildman–Crippen LogP) is 2.98. The normalized spacial score (nSPS) is 10.3. The molecule has 1 amide bonds. The summed E-state index contributed by atoms with van der Waals surface area (Å²) in [5, 5.41) is 2.94. The lowest BCUT2D eigenvalue weighted by Gasteiger charge is -2.17. The summed E-state index contributed by atoms with van der Waals surface area (Å²) in [6, 6.07) is 8.61. The van der Waals surface area contributed by atoms with E-state index >= 15 is 0 Å². The average Bonchev–Trinajstić information content (AvgIpc) is 2.59. The van der Waals surface area contributed by atoms with Gasteiger partial charge < -0.3 is 10.1 Å². The number of hydrogen-bond donors (Lipinski definition) is 3. The van der Waals surface area contributed by atoms with Crippen molar-refractivity contribution in [2.75, 3.05) is 12.4 Å². The number of aromatic nitrogens is 1. The topological polar surface area (TPSA) is 89.3 Å². The summed E-state index contributed by atoms with van der Waals surface area (Å²) in [6.07, 6.45) is -4.05. The van der Waals surface area contributed by atoms with Gasteiger partial charge in [0.2, 0.25) is 12.3 Å². The van der Waals surface area contributed by atoms with Gasteiger partial charge in [0, 0.05) is 24.4 Å². The number of alkyl halides is 3. The second-order valence-electron chi connectivity index (χ2n) is 4.45. The van der Waals surface area contributed by atoms with E-state index in [0.29, 0.717) is 12.1 Å². The van der Waals surface area contributed by atoms with Gasteiger partial charge in [0.25, 0.3) is 0 Å². The van der Waals surface area contributed by atoms with Gasteiger partial charge in [-0.1, -0.05) is 23.7 Å². The Hall–Kier alpha value is -2.52. The van der Waals surface area contributed by atoms with E-state index in [1.54, 1.807) is 30.7 Å². The Bertz CT molecular complexity index is 699. The standard InChI is InChI=1S/C14H12ClF3N2O.CH4N2O/c1-19-11-5-2-4-10(14(16,17)18)9(11)8-21-13-7-3-6-12(15)20-13;2-3-1-4/h2-7,19H,8H2,1H3;1H,2H2,(H,3,4). The molecule has 0 radical (unpaired) electrons. The number of halogens is 4. The summed E-state index contributed by atoms with van der Waals surface area (Å²) in [4.78, 5) is 12.8. The number of pyridine rings is 1. The molecule has 1 aromatic heterocycles. The first kappa shape index (κ1) is 20.5. The molecular formula is C15H16ClF3N4O2. The van der Waals surface area contributed by atoms with Gasteiger partial charge in [-0.25, -0.2) is 10.8 Å². The highest BCUT2D eigenvalue weighted by Crippen LogP contribution is 2.35. The Balaban J connectivity index is 0.000000705. The number of hydrazine groups is 1. The van der Waals surface area contributed by atoms with E-state index in [-0.39, 0.29) is 23.2 Å². The highest BCUT2D eigenvalue weighted by molar-refractivity contribution is 6.29. The Morgan fingerprint density at radius 2 is 1.92 bits per heavy atom. The van der Waals surface area contributed by atoms with Crippen molar-refractivity contribution < 1.29 is 22.7 Å². The van der Waals surface area contributed by atoms with Gasteiger partial charge in [0.1, 0.15) is 11.8 Å². The molecule has 0 fully saturated rings. The summed E-state index contributed by atoms with van der Waals surface area (Å²) in [5.74, 6) is 4.58. The van der Waals surface area contributed by atoms with E-state index in [1.165, 1.54) is 12.1 Å². The lowest BCUT2D eigenvalue weighted by atomic mass is 10.1. The molecule has 2 rings (SSSR count). The molecule has 1 heterocycles. The number of nitrogens with two attached hydrogens (primary N) is 1. The van der Waals surface area contributed by atoms with E-state index in [0.717, 1.165) is 6.07 Å². The quantitative estimate of drug-likeness (QED) is 0.245. The maximum absolute atomic E-state index is 13.0. The molecule has 1 aromatic carbocycles. The van der Waals surface area contributed by atoms with E-state index in [9.17, 15) is 13.2 Å². The van der Waals surface area contributed by atoms with Crippen molar-refractivity contribution in [1.29, 1.82) is 0 Å². The number of anilines is 1. The van der Waals surface area contributed by atoms with Crippen LogP contribution in [0.4, 0.5) is 18.9 Å². The van der Waals surface area contributed by atoms with Gasteiger partial charge in [0.15, 0.2) is 0 Å². The number of carbonyl (C=O) groups excluding carboxylic acids is 1. The molecule has 0 saturated heterocycles. The lowest BCUT2D eigenvalue weighted by Crippen LogP contribution is -2.18. The summed E-state index contributed by atoms with van der Waals surface area (Å²) in [7, 11) is 1.55. The molecule has 6 nitrogen and oxygen atoms in total. The minimum Gasteiger partial charge on any atom is -0.473 e. The van der Waals surface area contributed by atoms with Crippen LogP contribution in [0.3, 0.4) is 0 Å². The number of benzene rings is 1. The second-order valence-corrected chi connectivity index (χ2v) is 4.84. The number of ether oxygens (including phenoxy) is 1. The van der Waals surface area contributed by atoms with Crippen LogP contribution < -0.4 is 21.3 Å². The molecule has 0 aliphatic heterocycles. The van der Waals surface area contributed by atoms with Crippen molar-refractivity contribution in [2.45, 2.75) is 12.8 Å². The van der Waals surface area contributed by atoms with Crippen molar-refractivity contribution in [3.8, 4) is 5.88 Å². The molecule has 10 heteroatoms. The van der Waals surface area contributed by atoms with E-state index < -0.39 is 11.7 Å². The monoisotopic (exact) mass is 376 g/mol. The lowest BCUT2D eigenvalue weighted by molar-refractivity contribution is -0.138. The molecule has 0 spiro atoms. The third kappa shape index (κ3) is 6.48. The zero-order valence-electron chi connectivity index (χ0n) is 13.1. The zero-order chi connectivity index (χ0) is 18.9. The van der Waals surface area contributed by atoms with Crippen molar-refractivity contribution >= 4 is 23.7 Å². The molecule has 25 heavy (non-hydrogen) atoms. The second kappa shape index (κ2) is 9.70. The van der Waals surface area contributed by atoms with E-state index in [2.05, 4.69) is 16.1 Å². The van der Waals surface area contributed by atoms with Gasteiger partial charge in [-0.05, 0) is 18.2 Å². The van der Waals surface area contributed by atoms with Crippen LogP contribution in [0.1, 0.15) is 11.1 Å². The largest absolute Gasteiger partial charge is 0.473 e. The van der Waals surface area contributed by atoms with Gasteiger partial charge >= 0.3 is 6.18 Å². The number of nitrogens with zero attached hydrogens (tertiary/aromatic N) is 1. The minimum absolute atomic E-state index is 0.0225. The molecule has 0 saturated carbocycles. The molecule has 0 aliphatic carbocycles. The fraction of sp³-hybridized carbons (Fsp3) is 0.200. The van der Waals surface area contributed by atoms with Crippen molar-refractivity contribution in [1.82, 2.24) is 10.4 Å². The number of rotatable bonds is 5. The number of carbonyl (C=O) groups is 1. The average molecular weight is 377 g/mol. The highest BCUT2D eigenvalue weighted by Gasteiger charge is 2.34. The van der Waals surface area contributed by atoms with Crippen molar-refractivity contribution in [3.63, 3.8) is 0 Å². The smallest absolute Gasteiger partial charge is 0.416 e. The van der Waals surface area contributed by atoms with Crippen LogP contribution in [0.5, 0.6) is 5.88 Å². The zero-order valence-corrected chi connectivity index (χ0v) is 13.9. The van der Waals surface area contributed by atoms with Gasteiger partial charge in [-0.15, -0.1) is 0 Å². The Morgan fingerprint density at radius 3 is 2.44 bits per heavy atom. The first-order valence-corrected chi connectivity index (χ1v) is 7.23. The fourth-order valence-corrected chi connectivity index (χ4v) is 2.01. The predicted molar refractivity (Wildman–Crippen MR) is 88.0 cm³/mol. The van der Waals surface area contributed by atoms with Crippen molar-refractivity contribution in [2.24, 2.45) is 5.84 Å². The van der Waals surface area contributed by atoms with Crippen LogP contribution in [0.25, 0.3) is 0 Å². The third-order valence-electron chi connectivity index (χ3n) is 2.87. The summed E-state index contributed by atoms with van der Waals surface area (Å²) >= 11 is 5.71. The van der Waals surface area contributed by atoms with Crippen molar-refractivity contribution in [3.05, 3.63) is 52.7 Å². The van der Waals surface area contributed by atoms with Crippen LogP contribution in [-0.2, 0) is 17.6 Å². The van der Waals surface area contributed by atoms with Crippen LogP contribution in [0.2, 0.25) is 5.15 Å². The highest BCUT2D eigenvalue weighted by atomic mass is 35.5. The number of nitrogens with one attached hydrogen (secondary N) is 2. The first-order valence-electron chi connectivity index (χ1n) is 6.85. The maximum Gasteiger partial charge on any atom is 0.416 e. The van der Waals surface area contributed by atoms with Crippen LogP contribution in [0, 0.1) is 0 Å². The number of amides is 1. The molecule has 0 aliphatic rings. The fourth-order valence-electron chi connectivity index (χ4n) is 1.86. The maximum atomic E-state index is 13.0. The molecule has 2 aromatic rings. The summed E-state index contributed by atoms with van der Waals surface area (Å²) in [5.41, 5.74) is 1.39. The number of hydrogen-bond acceptors (Lipinski definition) is 5. The molecule has 0 atom stereocenters. The van der Waals surface area contributed by atoms with E-state index in [4.69, 9.17) is 21.1 Å². The molecule has 4 N–H and O–H groups in total. The summed E-state index contributed by atoms with van der Waals surface area (Å²) in [6.45, 7) is -0.265. The first-order chi connectivity index (χ1) is 11.8. The van der Waals surface area contributed by atoms with Crippen LogP contribution >= 0.6 is 11.6 Å². The van der Waals surface area contributed by atoms with Gasteiger partial charge in [-0.2, -0.15) is 13.2 Å². The molecule has 136 valence electrons. The SMILES string of the molecule is CNc1cccc(C(F)(F)F)c1COc1cccc(Cl)n1.NNC=O.